The lowest BCUT2D eigenvalue weighted by molar-refractivity contribution is -0.122. The minimum absolute atomic E-state index is 0.202. The van der Waals surface area contributed by atoms with E-state index in [2.05, 4.69) is 5.32 Å². The van der Waals surface area contributed by atoms with E-state index in [9.17, 15) is 9.59 Å². The summed E-state index contributed by atoms with van der Waals surface area (Å²) >= 11 is 12.1. The number of anilines is 1. The summed E-state index contributed by atoms with van der Waals surface area (Å²) in [6.45, 7) is 5.69. The third kappa shape index (κ3) is 5.62. The summed E-state index contributed by atoms with van der Waals surface area (Å²) in [6.07, 6.45) is -0.212. The number of hydrogen-bond acceptors (Lipinski definition) is 4. The summed E-state index contributed by atoms with van der Waals surface area (Å²) in [5, 5.41) is 3.59. The molecule has 0 aliphatic rings. The normalized spacial score (nSPS) is 11.6. The highest BCUT2D eigenvalue weighted by Gasteiger charge is 2.20. The molecule has 0 spiro atoms. The maximum Gasteiger partial charge on any atom is 0.339 e. The molecule has 2 aromatic rings. The average molecular weight is 410 g/mol. The molecule has 1 N–H and O–H groups in total. The Hall–Kier alpha value is -2.24. The molecule has 27 heavy (non-hydrogen) atoms. The van der Waals surface area contributed by atoms with E-state index in [1.807, 2.05) is 13.8 Å². The molecule has 2 rings (SSSR count). The third-order valence-electron chi connectivity index (χ3n) is 3.80. The van der Waals surface area contributed by atoms with Crippen molar-refractivity contribution in [1.82, 2.24) is 0 Å². The molecule has 144 valence electrons. The Labute approximate surface area is 168 Å². The minimum atomic E-state index is -0.686. The number of aryl methyl sites for hydroxylation is 1. The Bertz CT molecular complexity index is 839. The first-order chi connectivity index (χ1) is 12.8. The Morgan fingerprint density at radius 1 is 1.07 bits per heavy atom. The predicted molar refractivity (Wildman–Crippen MR) is 107 cm³/mol. The number of ether oxygens (including phenoxy) is 2. The number of nitrogens with one attached hydrogen (secondary N) is 1. The monoisotopic (exact) mass is 409 g/mol. The van der Waals surface area contributed by atoms with Gasteiger partial charge in [0.05, 0.1) is 17.2 Å². The van der Waals surface area contributed by atoms with Crippen LogP contribution in [0.1, 0.15) is 36.2 Å². The summed E-state index contributed by atoms with van der Waals surface area (Å²) in [5.41, 5.74) is 1.58. The highest BCUT2D eigenvalue weighted by Crippen LogP contribution is 2.24. The van der Waals surface area contributed by atoms with Crippen molar-refractivity contribution in [2.75, 3.05) is 11.9 Å². The summed E-state index contributed by atoms with van der Waals surface area (Å²) in [5.74, 6) is -0.257. The van der Waals surface area contributed by atoms with Gasteiger partial charge in [-0.3, -0.25) is 4.79 Å². The highest BCUT2D eigenvalue weighted by molar-refractivity contribution is 6.34. The second kappa shape index (κ2) is 9.62. The fraction of sp³-hybridized carbons (Fsp3) is 0.300. The van der Waals surface area contributed by atoms with Gasteiger partial charge in [-0.1, -0.05) is 30.1 Å². The lowest BCUT2D eigenvalue weighted by atomic mass is 10.2. The number of carbonyl (C=O) groups excluding carboxylic acids is 2. The van der Waals surface area contributed by atoms with Crippen molar-refractivity contribution in [3.63, 3.8) is 0 Å². The molecule has 0 aromatic heterocycles. The lowest BCUT2D eigenvalue weighted by Crippen LogP contribution is -2.32. The lowest BCUT2D eigenvalue weighted by Gasteiger charge is -2.18. The van der Waals surface area contributed by atoms with Crippen molar-refractivity contribution in [3.8, 4) is 5.75 Å². The molecule has 0 aliphatic heterocycles. The van der Waals surface area contributed by atoms with E-state index in [0.29, 0.717) is 22.9 Å². The van der Waals surface area contributed by atoms with E-state index >= 15 is 0 Å². The molecule has 1 atom stereocenters. The summed E-state index contributed by atoms with van der Waals surface area (Å²) in [7, 11) is 0. The Balaban J connectivity index is 2.08. The van der Waals surface area contributed by atoms with E-state index in [1.165, 1.54) is 12.1 Å². The van der Waals surface area contributed by atoms with E-state index in [0.717, 1.165) is 5.56 Å². The van der Waals surface area contributed by atoms with Gasteiger partial charge in [0.2, 0.25) is 0 Å². The number of benzene rings is 2. The molecule has 0 saturated carbocycles. The van der Waals surface area contributed by atoms with Gasteiger partial charge in [0.1, 0.15) is 5.75 Å². The van der Waals surface area contributed by atoms with Gasteiger partial charge < -0.3 is 14.8 Å². The van der Waals surface area contributed by atoms with E-state index in [1.54, 1.807) is 31.2 Å². The van der Waals surface area contributed by atoms with E-state index < -0.39 is 12.1 Å². The molecule has 0 saturated heterocycles. The Kier molecular flexibility index (Phi) is 7.51. The fourth-order valence-electron chi connectivity index (χ4n) is 2.37. The van der Waals surface area contributed by atoms with Gasteiger partial charge in [-0.15, -0.1) is 0 Å². The molecule has 0 aliphatic carbocycles. The Morgan fingerprint density at radius 3 is 2.41 bits per heavy atom. The third-order valence-corrected chi connectivity index (χ3v) is 4.54. The molecular weight excluding hydrogens is 389 g/mol. The van der Waals surface area contributed by atoms with Gasteiger partial charge >= 0.3 is 5.97 Å². The molecule has 0 fully saturated rings. The first-order valence-electron chi connectivity index (χ1n) is 8.56. The van der Waals surface area contributed by atoms with Crippen molar-refractivity contribution >= 4 is 40.8 Å². The molecule has 7 heteroatoms. The van der Waals surface area contributed by atoms with Crippen LogP contribution in [0, 0.1) is 6.92 Å². The number of carbonyl (C=O) groups is 2. The Morgan fingerprint density at radius 2 is 1.81 bits per heavy atom. The van der Waals surface area contributed by atoms with Crippen LogP contribution in [-0.4, -0.2) is 24.6 Å². The molecule has 0 radical (unpaired) electrons. The molecule has 2 aromatic carbocycles. The van der Waals surface area contributed by atoms with Crippen LogP contribution in [0.2, 0.25) is 10.0 Å². The maximum absolute atomic E-state index is 12.5. The molecule has 0 bridgehead atoms. The highest BCUT2D eigenvalue weighted by atomic mass is 35.5. The van der Waals surface area contributed by atoms with Gasteiger partial charge in [-0.05, 0) is 62.2 Å². The summed E-state index contributed by atoms with van der Waals surface area (Å²) in [4.78, 5) is 24.3. The zero-order valence-corrected chi connectivity index (χ0v) is 16.9. The molecule has 1 unspecified atom stereocenters. The topological polar surface area (TPSA) is 64.6 Å². The van der Waals surface area contributed by atoms with Crippen LogP contribution >= 0.6 is 23.2 Å². The zero-order chi connectivity index (χ0) is 20.0. The fourth-order valence-corrected chi connectivity index (χ4v) is 2.74. The van der Waals surface area contributed by atoms with Crippen LogP contribution in [-0.2, 0) is 9.53 Å². The van der Waals surface area contributed by atoms with Crippen LogP contribution in [0.25, 0.3) is 0 Å². The van der Waals surface area contributed by atoms with Gasteiger partial charge in [0.15, 0.2) is 6.10 Å². The van der Waals surface area contributed by atoms with Crippen LogP contribution in [0.15, 0.2) is 36.4 Å². The van der Waals surface area contributed by atoms with Crippen molar-refractivity contribution in [1.29, 1.82) is 0 Å². The van der Waals surface area contributed by atoms with Gasteiger partial charge in [-0.2, -0.15) is 0 Å². The first kappa shape index (κ1) is 21.1. The maximum atomic E-state index is 12.5. The summed E-state index contributed by atoms with van der Waals surface area (Å²) < 4.78 is 10.7. The average Bonchev–Trinajstić information content (AvgIpc) is 2.62. The number of esters is 1. The quantitative estimate of drug-likeness (QED) is 0.632. The largest absolute Gasteiger partial charge is 0.481 e. The molecule has 1 amide bonds. The van der Waals surface area contributed by atoms with Crippen LogP contribution in [0.5, 0.6) is 5.75 Å². The van der Waals surface area contributed by atoms with Crippen molar-refractivity contribution in [3.05, 3.63) is 57.6 Å². The predicted octanol–water partition coefficient (Wildman–Crippen LogP) is 5.27. The first-order valence-corrected chi connectivity index (χ1v) is 9.31. The summed E-state index contributed by atoms with van der Waals surface area (Å²) in [6, 6.07) is 9.84. The van der Waals surface area contributed by atoms with Crippen molar-refractivity contribution < 1.29 is 19.1 Å². The SMILES string of the molecule is CCOC(=O)c1ccc(NC(=O)C(CC)Oc2ccc(Cl)c(C)c2)cc1Cl. The number of rotatable bonds is 7. The second-order valence-corrected chi connectivity index (χ2v) is 6.64. The number of hydrogen-bond donors (Lipinski definition) is 1. The molecule has 0 heterocycles. The second-order valence-electron chi connectivity index (χ2n) is 5.83. The van der Waals surface area contributed by atoms with Crippen molar-refractivity contribution in [2.45, 2.75) is 33.3 Å². The van der Waals surface area contributed by atoms with Gasteiger partial charge in [0.25, 0.3) is 5.91 Å². The van der Waals surface area contributed by atoms with Gasteiger partial charge in [-0.25, -0.2) is 4.79 Å². The van der Waals surface area contributed by atoms with Gasteiger partial charge in [0, 0.05) is 10.7 Å². The van der Waals surface area contributed by atoms with E-state index in [4.69, 9.17) is 32.7 Å². The zero-order valence-electron chi connectivity index (χ0n) is 15.3. The van der Waals surface area contributed by atoms with Crippen molar-refractivity contribution in [2.24, 2.45) is 0 Å². The molecular formula is C20H21Cl2NO4. The minimum Gasteiger partial charge on any atom is -0.481 e. The van der Waals surface area contributed by atoms with Crippen LogP contribution < -0.4 is 10.1 Å². The number of halogens is 2. The molecule has 5 nitrogen and oxygen atoms in total. The standard InChI is InChI=1S/C20H21Cl2NO4/c1-4-18(27-14-7-9-16(21)12(3)10-14)19(24)23-13-6-8-15(17(22)11-13)20(25)26-5-2/h6-11,18H,4-5H2,1-3H3,(H,23,24). The van der Waals surface area contributed by atoms with Crippen LogP contribution in [0.3, 0.4) is 0 Å². The van der Waals surface area contributed by atoms with E-state index in [-0.39, 0.29) is 23.1 Å². The smallest absolute Gasteiger partial charge is 0.339 e. The number of amides is 1. The van der Waals surface area contributed by atoms with Crippen LogP contribution in [0.4, 0.5) is 5.69 Å².